The molecule has 3 rings (SSSR count). The molecule has 2 N–H and O–H groups in total. The summed E-state index contributed by atoms with van der Waals surface area (Å²) in [6.45, 7) is 0.0734. The van der Waals surface area contributed by atoms with E-state index in [0.717, 1.165) is 10.4 Å². The topological polar surface area (TPSA) is 62.5 Å². The summed E-state index contributed by atoms with van der Waals surface area (Å²) in [4.78, 5) is 12.8. The Morgan fingerprint density at radius 3 is 2.82 bits per heavy atom. The third kappa shape index (κ3) is 3.14. The number of hydrogen-bond donors (Lipinski definition) is 2. The molecule has 114 valence electrons. The van der Waals surface area contributed by atoms with Crippen molar-refractivity contribution < 1.29 is 14.3 Å². The summed E-state index contributed by atoms with van der Waals surface area (Å²) < 4.78 is 5.37. The summed E-state index contributed by atoms with van der Waals surface area (Å²) >= 11 is 2.98. The summed E-state index contributed by atoms with van der Waals surface area (Å²) in [5, 5.41) is 19.6. The van der Waals surface area contributed by atoms with Crippen LogP contribution < -0.4 is 5.32 Å². The average Bonchev–Trinajstić information content (AvgIpc) is 3.26. The molecule has 0 aliphatic heterocycles. The van der Waals surface area contributed by atoms with E-state index in [0.29, 0.717) is 12.2 Å². The fourth-order valence-corrected chi connectivity index (χ4v) is 3.69. The van der Waals surface area contributed by atoms with Crippen LogP contribution >= 0.6 is 22.7 Å². The number of thiophene rings is 2. The Kier molecular flexibility index (Phi) is 4.42. The second kappa shape index (κ2) is 6.48. The third-order valence-corrected chi connectivity index (χ3v) is 5.10. The number of nitrogens with one attached hydrogen (secondary N) is 1. The molecule has 4 nitrogen and oxygen atoms in total. The van der Waals surface area contributed by atoms with Gasteiger partial charge in [0.1, 0.15) is 5.76 Å². The number of amides is 1. The Hall–Kier alpha value is -1.89. The van der Waals surface area contributed by atoms with Crippen LogP contribution in [0, 0.1) is 0 Å². The van der Waals surface area contributed by atoms with Crippen LogP contribution in [0.15, 0.2) is 57.2 Å². The van der Waals surface area contributed by atoms with Gasteiger partial charge in [-0.3, -0.25) is 4.79 Å². The van der Waals surface area contributed by atoms with Crippen molar-refractivity contribution in [1.82, 2.24) is 5.32 Å². The quantitative estimate of drug-likeness (QED) is 0.729. The predicted octanol–water partition coefficient (Wildman–Crippen LogP) is 3.00. The van der Waals surface area contributed by atoms with Gasteiger partial charge in [-0.25, -0.2) is 0 Å². The molecule has 0 bridgehead atoms. The minimum atomic E-state index is -1.35. The highest BCUT2D eigenvalue weighted by atomic mass is 32.1. The van der Waals surface area contributed by atoms with Crippen molar-refractivity contribution in [3.05, 3.63) is 68.9 Å². The lowest BCUT2D eigenvalue weighted by atomic mass is 9.98. The smallest absolute Gasteiger partial charge is 0.224 e. The fourth-order valence-electron chi connectivity index (χ4n) is 2.19. The molecule has 0 aromatic carbocycles. The van der Waals surface area contributed by atoms with Crippen LogP contribution in [0.5, 0.6) is 0 Å². The van der Waals surface area contributed by atoms with Gasteiger partial charge < -0.3 is 14.8 Å². The van der Waals surface area contributed by atoms with Crippen LogP contribution in [0.2, 0.25) is 0 Å². The maximum absolute atomic E-state index is 12.1. The van der Waals surface area contributed by atoms with Crippen molar-refractivity contribution in [2.24, 2.45) is 0 Å². The van der Waals surface area contributed by atoms with Crippen LogP contribution in [-0.2, 0) is 16.8 Å². The third-order valence-electron chi connectivity index (χ3n) is 3.34. The summed E-state index contributed by atoms with van der Waals surface area (Å²) in [5.74, 6) is 0.297. The van der Waals surface area contributed by atoms with Crippen LogP contribution in [0.4, 0.5) is 0 Å². The number of aliphatic hydroxyl groups is 1. The molecule has 0 radical (unpaired) electrons. The van der Waals surface area contributed by atoms with E-state index in [1.807, 2.05) is 34.3 Å². The second-order valence-corrected chi connectivity index (χ2v) is 6.63. The van der Waals surface area contributed by atoms with E-state index in [2.05, 4.69) is 5.32 Å². The van der Waals surface area contributed by atoms with E-state index in [9.17, 15) is 9.90 Å². The molecule has 0 saturated heterocycles. The van der Waals surface area contributed by atoms with Crippen molar-refractivity contribution in [3.63, 3.8) is 0 Å². The first-order chi connectivity index (χ1) is 10.7. The number of rotatable bonds is 6. The number of carbonyl (C=O) groups is 1. The van der Waals surface area contributed by atoms with Gasteiger partial charge in [0.15, 0.2) is 5.60 Å². The molecule has 0 saturated carbocycles. The van der Waals surface area contributed by atoms with Crippen molar-refractivity contribution in [2.45, 2.75) is 12.0 Å². The SMILES string of the molecule is O=C(Cc1ccsc1)NC[C@](O)(c1ccco1)c1cccs1. The van der Waals surface area contributed by atoms with Gasteiger partial charge in [-0.2, -0.15) is 11.3 Å². The summed E-state index contributed by atoms with van der Waals surface area (Å²) in [6.07, 6.45) is 1.82. The minimum absolute atomic E-state index is 0.0734. The Morgan fingerprint density at radius 2 is 2.18 bits per heavy atom. The van der Waals surface area contributed by atoms with Crippen molar-refractivity contribution >= 4 is 28.6 Å². The largest absolute Gasteiger partial charge is 0.466 e. The van der Waals surface area contributed by atoms with Gasteiger partial charge in [0.2, 0.25) is 5.91 Å². The molecule has 3 aromatic rings. The first kappa shape index (κ1) is 15.0. The summed E-state index contributed by atoms with van der Waals surface area (Å²) in [7, 11) is 0. The van der Waals surface area contributed by atoms with Gasteiger partial charge in [-0.1, -0.05) is 6.07 Å². The number of carbonyl (C=O) groups excluding carboxylic acids is 1. The maximum Gasteiger partial charge on any atom is 0.224 e. The Balaban J connectivity index is 1.73. The van der Waals surface area contributed by atoms with Crippen molar-refractivity contribution in [1.29, 1.82) is 0 Å². The molecule has 0 spiro atoms. The second-order valence-electron chi connectivity index (χ2n) is 4.90. The Morgan fingerprint density at radius 1 is 1.27 bits per heavy atom. The summed E-state index contributed by atoms with van der Waals surface area (Å²) in [6, 6.07) is 9.05. The van der Waals surface area contributed by atoms with Crippen LogP contribution in [0.25, 0.3) is 0 Å². The maximum atomic E-state index is 12.1. The van der Waals surface area contributed by atoms with Crippen LogP contribution in [0.1, 0.15) is 16.2 Å². The van der Waals surface area contributed by atoms with E-state index in [1.165, 1.54) is 17.6 Å². The lowest BCUT2D eigenvalue weighted by molar-refractivity contribution is -0.121. The van der Waals surface area contributed by atoms with Crippen LogP contribution in [0.3, 0.4) is 0 Å². The van der Waals surface area contributed by atoms with E-state index in [4.69, 9.17) is 4.42 Å². The van der Waals surface area contributed by atoms with Gasteiger partial charge in [0, 0.05) is 4.88 Å². The van der Waals surface area contributed by atoms with Gasteiger partial charge in [0.05, 0.1) is 19.2 Å². The molecule has 3 aromatic heterocycles. The lowest BCUT2D eigenvalue weighted by Gasteiger charge is -2.25. The normalized spacial score (nSPS) is 13.7. The molecule has 0 aliphatic rings. The van der Waals surface area contributed by atoms with E-state index >= 15 is 0 Å². The molecular weight excluding hydrogens is 318 g/mol. The number of furan rings is 1. The molecule has 1 amide bonds. The monoisotopic (exact) mass is 333 g/mol. The molecule has 22 heavy (non-hydrogen) atoms. The zero-order valence-electron chi connectivity index (χ0n) is 11.7. The summed E-state index contributed by atoms with van der Waals surface area (Å²) in [5.41, 5.74) is -0.373. The van der Waals surface area contributed by atoms with Gasteiger partial charge in [-0.15, -0.1) is 11.3 Å². The van der Waals surface area contributed by atoms with Gasteiger partial charge >= 0.3 is 0 Å². The lowest BCUT2D eigenvalue weighted by Crippen LogP contribution is -2.41. The highest BCUT2D eigenvalue weighted by Gasteiger charge is 2.36. The first-order valence-electron chi connectivity index (χ1n) is 6.76. The Labute approximate surface area is 136 Å². The first-order valence-corrected chi connectivity index (χ1v) is 8.59. The Bertz CT molecular complexity index is 669. The standard InChI is InChI=1S/C16H15NO3S2/c18-15(9-12-5-8-21-10-12)17-11-16(19,13-3-1-6-20-13)14-4-2-7-22-14/h1-8,10,19H,9,11H2,(H,17,18)/t16-/m0/s1. The van der Waals surface area contributed by atoms with Crippen molar-refractivity contribution in [3.8, 4) is 0 Å². The molecule has 0 aliphatic carbocycles. The van der Waals surface area contributed by atoms with Gasteiger partial charge in [-0.05, 0) is 46.0 Å². The minimum Gasteiger partial charge on any atom is -0.466 e. The average molecular weight is 333 g/mol. The van der Waals surface area contributed by atoms with E-state index in [-0.39, 0.29) is 12.5 Å². The van der Waals surface area contributed by atoms with Gasteiger partial charge in [0.25, 0.3) is 0 Å². The van der Waals surface area contributed by atoms with E-state index in [1.54, 1.807) is 23.5 Å². The van der Waals surface area contributed by atoms with Crippen LogP contribution in [-0.4, -0.2) is 17.6 Å². The van der Waals surface area contributed by atoms with Crippen molar-refractivity contribution in [2.75, 3.05) is 6.54 Å². The highest BCUT2D eigenvalue weighted by Crippen LogP contribution is 2.32. The highest BCUT2D eigenvalue weighted by molar-refractivity contribution is 7.10. The fraction of sp³-hybridized carbons (Fsp3) is 0.188. The number of hydrogen-bond acceptors (Lipinski definition) is 5. The zero-order chi connectivity index (χ0) is 15.4. The molecule has 6 heteroatoms. The predicted molar refractivity (Wildman–Crippen MR) is 87.1 cm³/mol. The molecule has 1 atom stereocenters. The molecular formula is C16H15NO3S2. The molecule has 3 heterocycles. The zero-order valence-corrected chi connectivity index (χ0v) is 13.3. The molecule has 0 unspecified atom stereocenters. The molecule has 0 fully saturated rings. The van der Waals surface area contributed by atoms with E-state index < -0.39 is 5.60 Å².